The Morgan fingerprint density at radius 1 is 1.15 bits per heavy atom. The minimum absolute atomic E-state index is 0.144. The second kappa shape index (κ2) is 9.45. The van der Waals surface area contributed by atoms with Crippen molar-refractivity contribution in [1.29, 1.82) is 0 Å². The number of pyridine rings is 2. The number of halogens is 3. The Kier molecular flexibility index (Phi) is 6.45. The number of nitrogens with zero attached hydrogens (tertiary/aromatic N) is 2. The molecule has 2 N–H and O–H groups in total. The zero-order chi connectivity index (χ0) is 23.4. The van der Waals surface area contributed by atoms with E-state index in [1.807, 2.05) is 24.3 Å². The van der Waals surface area contributed by atoms with E-state index < -0.39 is 18.7 Å². The number of benzene rings is 1. The van der Waals surface area contributed by atoms with Gasteiger partial charge < -0.3 is 19.9 Å². The predicted molar refractivity (Wildman–Crippen MR) is 112 cm³/mol. The second-order valence-electron chi connectivity index (χ2n) is 7.45. The number of ether oxygens (including phenoxy) is 2. The summed E-state index contributed by atoms with van der Waals surface area (Å²) in [6.07, 6.45) is -1.11. The normalized spacial score (nSPS) is 15.3. The molecule has 2 aromatic heterocycles. The lowest BCUT2D eigenvalue weighted by molar-refractivity contribution is -0.154. The molecule has 1 amide bonds. The average Bonchev–Trinajstić information content (AvgIpc) is 2.82. The van der Waals surface area contributed by atoms with Crippen molar-refractivity contribution in [3.05, 3.63) is 71.7 Å². The molecule has 1 aromatic carbocycles. The number of carbonyl (C=O) groups excluding carboxylic acids is 1. The maximum Gasteiger partial charge on any atom is 0.422 e. The number of aliphatic hydroxyl groups excluding tert-OH is 1. The molecule has 0 saturated heterocycles. The molecule has 1 aliphatic rings. The van der Waals surface area contributed by atoms with Crippen molar-refractivity contribution in [3.63, 3.8) is 0 Å². The molecule has 0 radical (unpaired) electrons. The number of alkyl halides is 3. The van der Waals surface area contributed by atoms with Crippen LogP contribution in [-0.2, 0) is 13.0 Å². The van der Waals surface area contributed by atoms with E-state index in [-0.39, 0.29) is 30.7 Å². The predicted octanol–water partition coefficient (Wildman–Crippen LogP) is 3.31. The summed E-state index contributed by atoms with van der Waals surface area (Å²) in [5.74, 6) is 0.0784. The molecular weight excluding hydrogens is 439 g/mol. The van der Waals surface area contributed by atoms with Crippen LogP contribution in [-0.4, -0.2) is 46.4 Å². The number of hydrogen-bond acceptors (Lipinski definition) is 6. The summed E-state index contributed by atoms with van der Waals surface area (Å²) in [5.41, 5.74) is 3.45. The number of hydrogen-bond donors (Lipinski definition) is 2. The highest BCUT2D eigenvalue weighted by atomic mass is 19.4. The SMILES string of the molecule is O=C(N[C@@H]1COc2cccc(-c3ccc(CO)nc3)c2C1)c1ccc(OCC(F)(F)F)nc1. The van der Waals surface area contributed by atoms with Crippen molar-refractivity contribution < 1.29 is 32.5 Å². The van der Waals surface area contributed by atoms with Gasteiger partial charge >= 0.3 is 6.18 Å². The quantitative estimate of drug-likeness (QED) is 0.588. The number of carbonyl (C=O) groups is 1. The number of rotatable bonds is 6. The van der Waals surface area contributed by atoms with E-state index in [1.165, 1.54) is 18.3 Å². The molecule has 3 aromatic rings. The molecule has 0 saturated carbocycles. The van der Waals surface area contributed by atoms with Crippen molar-refractivity contribution in [2.75, 3.05) is 13.2 Å². The fourth-order valence-electron chi connectivity index (χ4n) is 3.47. The maximum atomic E-state index is 12.6. The Morgan fingerprint density at radius 3 is 2.67 bits per heavy atom. The van der Waals surface area contributed by atoms with Gasteiger partial charge in [-0.1, -0.05) is 18.2 Å². The number of fused-ring (bicyclic) bond motifs is 1. The van der Waals surface area contributed by atoms with Crippen molar-refractivity contribution in [2.24, 2.45) is 0 Å². The first-order chi connectivity index (χ1) is 15.8. The number of aliphatic hydroxyl groups is 1. The Labute approximate surface area is 187 Å². The topological polar surface area (TPSA) is 93.6 Å². The molecule has 10 heteroatoms. The van der Waals surface area contributed by atoms with E-state index in [1.54, 1.807) is 12.3 Å². The van der Waals surface area contributed by atoms with Gasteiger partial charge in [0.2, 0.25) is 5.88 Å². The van der Waals surface area contributed by atoms with E-state index in [0.29, 0.717) is 12.1 Å². The molecule has 172 valence electrons. The summed E-state index contributed by atoms with van der Waals surface area (Å²) in [5, 5.41) is 12.1. The summed E-state index contributed by atoms with van der Waals surface area (Å²) in [6.45, 7) is -1.33. The van der Waals surface area contributed by atoms with Crippen LogP contribution in [0.15, 0.2) is 54.9 Å². The van der Waals surface area contributed by atoms with Crippen LogP contribution in [0.25, 0.3) is 11.1 Å². The third-order valence-corrected chi connectivity index (χ3v) is 5.04. The summed E-state index contributed by atoms with van der Waals surface area (Å²) >= 11 is 0. The van der Waals surface area contributed by atoms with Gasteiger partial charge in [0.15, 0.2) is 6.61 Å². The summed E-state index contributed by atoms with van der Waals surface area (Å²) in [4.78, 5) is 20.6. The number of aromatic nitrogens is 2. The fourth-order valence-corrected chi connectivity index (χ4v) is 3.47. The molecule has 0 spiro atoms. The molecule has 33 heavy (non-hydrogen) atoms. The Balaban J connectivity index is 1.44. The van der Waals surface area contributed by atoms with E-state index >= 15 is 0 Å². The molecule has 0 bridgehead atoms. The van der Waals surface area contributed by atoms with Gasteiger partial charge in [0, 0.05) is 36.0 Å². The molecule has 0 fully saturated rings. The third-order valence-electron chi connectivity index (χ3n) is 5.04. The summed E-state index contributed by atoms with van der Waals surface area (Å²) < 4.78 is 47.1. The second-order valence-corrected chi connectivity index (χ2v) is 7.45. The molecule has 0 aliphatic carbocycles. The lowest BCUT2D eigenvalue weighted by atomic mass is 9.93. The zero-order valence-corrected chi connectivity index (χ0v) is 17.3. The van der Waals surface area contributed by atoms with Crippen LogP contribution in [0.3, 0.4) is 0 Å². The van der Waals surface area contributed by atoms with Gasteiger partial charge in [0.05, 0.1) is 23.9 Å². The van der Waals surface area contributed by atoms with Gasteiger partial charge in [0.1, 0.15) is 12.4 Å². The minimum atomic E-state index is -4.47. The first-order valence-electron chi connectivity index (χ1n) is 10.1. The highest BCUT2D eigenvalue weighted by molar-refractivity contribution is 5.94. The Hall–Kier alpha value is -3.66. The Morgan fingerprint density at radius 2 is 2.00 bits per heavy atom. The van der Waals surface area contributed by atoms with Crippen LogP contribution >= 0.6 is 0 Å². The molecule has 1 atom stereocenters. The van der Waals surface area contributed by atoms with Crippen LogP contribution in [0.1, 0.15) is 21.6 Å². The smallest absolute Gasteiger partial charge is 0.422 e. The molecule has 4 rings (SSSR count). The van der Waals surface area contributed by atoms with Gasteiger partial charge in [-0.25, -0.2) is 4.98 Å². The highest BCUT2D eigenvalue weighted by Gasteiger charge is 2.29. The largest absolute Gasteiger partial charge is 0.491 e. The molecule has 1 aliphatic heterocycles. The summed E-state index contributed by atoms with van der Waals surface area (Å²) in [7, 11) is 0. The molecule has 0 unspecified atom stereocenters. The number of nitrogens with one attached hydrogen (secondary N) is 1. The highest BCUT2D eigenvalue weighted by Crippen LogP contribution is 2.34. The standard InChI is InChI=1S/C23H20F3N3O4/c24-23(25,26)13-33-21-7-5-15(10-28-21)22(31)29-17-8-19-18(2-1-3-20(19)32-12-17)14-4-6-16(11-30)27-9-14/h1-7,9-10,17,30H,8,11-13H2,(H,29,31)/t17-/m0/s1. The zero-order valence-electron chi connectivity index (χ0n) is 17.3. The van der Waals surface area contributed by atoms with Gasteiger partial charge in [-0.05, 0) is 23.8 Å². The lowest BCUT2D eigenvalue weighted by Gasteiger charge is -2.28. The fraction of sp³-hybridized carbons (Fsp3) is 0.261. The van der Waals surface area contributed by atoms with E-state index in [4.69, 9.17) is 4.74 Å². The first-order valence-corrected chi connectivity index (χ1v) is 10.1. The van der Waals surface area contributed by atoms with Crippen LogP contribution in [0.2, 0.25) is 0 Å². The van der Waals surface area contributed by atoms with E-state index in [0.717, 1.165) is 22.4 Å². The van der Waals surface area contributed by atoms with Crippen LogP contribution in [0.4, 0.5) is 13.2 Å². The maximum absolute atomic E-state index is 12.6. The minimum Gasteiger partial charge on any atom is -0.491 e. The van der Waals surface area contributed by atoms with Crippen molar-refractivity contribution in [3.8, 4) is 22.8 Å². The average molecular weight is 459 g/mol. The monoisotopic (exact) mass is 459 g/mol. The van der Waals surface area contributed by atoms with Crippen molar-refractivity contribution in [2.45, 2.75) is 25.2 Å². The van der Waals surface area contributed by atoms with Crippen molar-refractivity contribution in [1.82, 2.24) is 15.3 Å². The first kappa shape index (κ1) is 22.5. The third kappa shape index (κ3) is 5.58. The molecular formula is C23H20F3N3O4. The van der Waals surface area contributed by atoms with Crippen LogP contribution < -0.4 is 14.8 Å². The molecule has 3 heterocycles. The van der Waals surface area contributed by atoms with E-state index in [2.05, 4.69) is 20.0 Å². The van der Waals surface area contributed by atoms with Gasteiger partial charge in [-0.3, -0.25) is 9.78 Å². The van der Waals surface area contributed by atoms with E-state index in [9.17, 15) is 23.1 Å². The van der Waals surface area contributed by atoms with Crippen LogP contribution in [0, 0.1) is 0 Å². The Bertz CT molecular complexity index is 1120. The van der Waals surface area contributed by atoms with Crippen molar-refractivity contribution >= 4 is 5.91 Å². The molecule has 7 nitrogen and oxygen atoms in total. The number of amides is 1. The lowest BCUT2D eigenvalue weighted by Crippen LogP contribution is -2.42. The summed E-state index contributed by atoms with van der Waals surface area (Å²) in [6, 6.07) is 11.5. The van der Waals surface area contributed by atoms with Gasteiger partial charge in [-0.2, -0.15) is 13.2 Å². The van der Waals surface area contributed by atoms with Crippen LogP contribution in [0.5, 0.6) is 11.6 Å². The van der Waals surface area contributed by atoms with Gasteiger partial charge in [-0.15, -0.1) is 0 Å². The van der Waals surface area contributed by atoms with Gasteiger partial charge in [0.25, 0.3) is 5.91 Å².